The van der Waals surface area contributed by atoms with E-state index in [4.69, 9.17) is 4.74 Å². The minimum absolute atomic E-state index is 0.117. The van der Waals surface area contributed by atoms with Gasteiger partial charge in [-0.3, -0.25) is 9.59 Å². The highest BCUT2D eigenvalue weighted by atomic mass is 16.5. The highest BCUT2D eigenvalue weighted by Crippen LogP contribution is 2.48. The summed E-state index contributed by atoms with van der Waals surface area (Å²) >= 11 is 0. The minimum atomic E-state index is -0.572. The van der Waals surface area contributed by atoms with Crippen molar-refractivity contribution in [2.45, 2.75) is 84.8 Å². The van der Waals surface area contributed by atoms with Crippen molar-refractivity contribution in [3.8, 4) is 0 Å². The van der Waals surface area contributed by atoms with E-state index in [9.17, 15) is 14.7 Å². The fraction of sp³-hybridized carbons (Fsp3) is 0.760. The number of rotatable bonds is 7. The molecule has 162 valence electrons. The van der Waals surface area contributed by atoms with Crippen molar-refractivity contribution in [3.05, 3.63) is 23.8 Å². The number of esters is 1. The van der Waals surface area contributed by atoms with Gasteiger partial charge in [-0.2, -0.15) is 0 Å². The first kappa shape index (κ1) is 22.3. The van der Waals surface area contributed by atoms with Crippen LogP contribution >= 0.6 is 0 Å². The molecule has 0 aromatic heterocycles. The standard InChI is InChI=1S/C25H38O4/c1-5-16(3)23(27)12-19-11-15(2)10-18-7-6-17(4)22(25(18)19)9-8-21-13-20(26)14-24(28)29-21/h6-7,10,15-17,19-22,25-26H,5,8-9,11-14H2,1-4H3. The Bertz CT molecular complexity index is 664. The monoisotopic (exact) mass is 402 g/mol. The van der Waals surface area contributed by atoms with Crippen LogP contribution in [-0.2, 0) is 14.3 Å². The fourth-order valence-electron chi connectivity index (χ4n) is 5.66. The number of Topliss-reactive ketones (excluding diaryl/α,β-unsaturated/α-hetero) is 1. The molecule has 1 aliphatic heterocycles. The average Bonchev–Trinajstić information content (AvgIpc) is 2.65. The lowest BCUT2D eigenvalue weighted by Gasteiger charge is -2.44. The Morgan fingerprint density at radius 1 is 1.28 bits per heavy atom. The van der Waals surface area contributed by atoms with Crippen LogP contribution in [0.3, 0.4) is 0 Å². The average molecular weight is 403 g/mol. The van der Waals surface area contributed by atoms with E-state index in [1.165, 1.54) is 5.57 Å². The molecule has 1 N–H and O–H groups in total. The van der Waals surface area contributed by atoms with Crippen LogP contribution < -0.4 is 0 Å². The molecule has 3 rings (SSSR count). The molecule has 0 aromatic rings. The molecule has 1 fully saturated rings. The predicted octanol–water partition coefficient (Wildman–Crippen LogP) is 4.86. The highest BCUT2D eigenvalue weighted by Gasteiger charge is 2.40. The summed E-state index contributed by atoms with van der Waals surface area (Å²) in [4.78, 5) is 24.5. The van der Waals surface area contributed by atoms with E-state index in [1.807, 2.05) is 0 Å². The van der Waals surface area contributed by atoms with Gasteiger partial charge in [-0.15, -0.1) is 0 Å². The summed E-state index contributed by atoms with van der Waals surface area (Å²) in [5.74, 6) is 2.45. The number of aliphatic hydroxyl groups excluding tert-OH is 1. The third-order valence-corrected chi connectivity index (χ3v) is 7.46. The number of aliphatic hydroxyl groups is 1. The second-order valence-electron chi connectivity index (χ2n) is 9.81. The number of ether oxygens (including phenoxy) is 1. The maximum atomic E-state index is 12.8. The van der Waals surface area contributed by atoms with Gasteiger partial charge < -0.3 is 9.84 Å². The van der Waals surface area contributed by atoms with Crippen molar-refractivity contribution in [1.82, 2.24) is 0 Å². The van der Waals surface area contributed by atoms with Gasteiger partial charge in [0, 0.05) is 18.8 Å². The molecule has 3 aliphatic rings. The zero-order valence-corrected chi connectivity index (χ0v) is 18.5. The highest BCUT2D eigenvalue weighted by molar-refractivity contribution is 5.81. The van der Waals surface area contributed by atoms with Crippen molar-refractivity contribution in [2.24, 2.45) is 35.5 Å². The second kappa shape index (κ2) is 9.59. The molecule has 8 atom stereocenters. The molecule has 2 aliphatic carbocycles. The SMILES string of the molecule is CCC(C)C(=O)CC1CC(C)C=C2C=CC(C)C(CCC3CC(O)CC(=O)O3)C21. The molecule has 0 saturated carbocycles. The number of cyclic esters (lactones) is 1. The van der Waals surface area contributed by atoms with Gasteiger partial charge in [-0.25, -0.2) is 0 Å². The van der Waals surface area contributed by atoms with E-state index in [-0.39, 0.29) is 24.4 Å². The molecule has 0 bridgehead atoms. The second-order valence-corrected chi connectivity index (χ2v) is 9.81. The molecule has 4 heteroatoms. The molecular weight excluding hydrogens is 364 g/mol. The Kier molecular flexibility index (Phi) is 7.37. The maximum Gasteiger partial charge on any atom is 0.308 e. The minimum Gasteiger partial charge on any atom is -0.462 e. The van der Waals surface area contributed by atoms with Gasteiger partial charge >= 0.3 is 5.97 Å². The van der Waals surface area contributed by atoms with Gasteiger partial charge in [0.05, 0.1) is 12.5 Å². The van der Waals surface area contributed by atoms with Crippen LogP contribution in [-0.4, -0.2) is 29.1 Å². The summed E-state index contributed by atoms with van der Waals surface area (Å²) in [6.45, 7) is 8.67. The Morgan fingerprint density at radius 2 is 2.03 bits per heavy atom. The predicted molar refractivity (Wildman–Crippen MR) is 114 cm³/mol. The molecule has 1 saturated heterocycles. The van der Waals surface area contributed by atoms with E-state index in [0.717, 1.165) is 25.7 Å². The van der Waals surface area contributed by atoms with Crippen molar-refractivity contribution < 1.29 is 19.4 Å². The first-order valence-electron chi connectivity index (χ1n) is 11.6. The van der Waals surface area contributed by atoms with Crippen LogP contribution in [0.5, 0.6) is 0 Å². The van der Waals surface area contributed by atoms with Gasteiger partial charge in [0.1, 0.15) is 11.9 Å². The van der Waals surface area contributed by atoms with E-state index < -0.39 is 6.10 Å². The Hall–Kier alpha value is -1.42. The molecule has 0 amide bonds. The van der Waals surface area contributed by atoms with Gasteiger partial charge in [0.15, 0.2) is 0 Å². The third-order valence-electron chi connectivity index (χ3n) is 7.46. The number of carbonyl (C=O) groups excluding carboxylic acids is 2. The molecule has 0 radical (unpaired) electrons. The third kappa shape index (κ3) is 5.39. The lowest BCUT2D eigenvalue weighted by atomic mass is 9.61. The summed E-state index contributed by atoms with van der Waals surface area (Å²) in [5, 5.41) is 9.91. The largest absolute Gasteiger partial charge is 0.462 e. The van der Waals surface area contributed by atoms with Crippen molar-refractivity contribution >= 4 is 11.8 Å². The maximum absolute atomic E-state index is 12.8. The smallest absolute Gasteiger partial charge is 0.308 e. The van der Waals surface area contributed by atoms with Crippen LogP contribution in [0.2, 0.25) is 0 Å². The Balaban J connectivity index is 1.74. The summed E-state index contributed by atoms with van der Waals surface area (Å²) in [7, 11) is 0. The molecule has 4 nitrogen and oxygen atoms in total. The Labute approximate surface area is 175 Å². The van der Waals surface area contributed by atoms with Crippen LogP contribution in [0.1, 0.15) is 72.6 Å². The van der Waals surface area contributed by atoms with E-state index in [0.29, 0.717) is 48.2 Å². The normalized spacial score (nSPS) is 38.0. The molecule has 8 unspecified atom stereocenters. The van der Waals surface area contributed by atoms with Crippen molar-refractivity contribution in [2.75, 3.05) is 0 Å². The number of ketones is 1. The van der Waals surface area contributed by atoms with Crippen LogP contribution in [0.4, 0.5) is 0 Å². The van der Waals surface area contributed by atoms with E-state index in [1.54, 1.807) is 0 Å². The summed E-state index contributed by atoms with van der Waals surface area (Å²) in [6, 6.07) is 0. The van der Waals surface area contributed by atoms with Crippen molar-refractivity contribution in [1.29, 1.82) is 0 Å². The Morgan fingerprint density at radius 3 is 2.72 bits per heavy atom. The quantitative estimate of drug-likeness (QED) is 0.618. The number of hydrogen-bond donors (Lipinski definition) is 1. The van der Waals surface area contributed by atoms with Gasteiger partial charge in [-0.1, -0.05) is 45.9 Å². The number of allylic oxidation sites excluding steroid dienone is 4. The summed E-state index contributed by atoms with van der Waals surface area (Å²) in [6.07, 6.45) is 11.3. The first-order chi connectivity index (χ1) is 13.8. The molecular formula is C25H38O4. The molecule has 29 heavy (non-hydrogen) atoms. The van der Waals surface area contributed by atoms with Gasteiger partial charge in [0.25, 0.3) is 0 Å². The van der Waals surface area contributed by atoms with Crippen LogP contribution in [0, 0.1) is 35.5 Å². The zero-order valence-electron chi connectivity index (χ0n) is 18.5. The van der Waals surface area contributed by atoms with Crippen molar-refractivity contribution in [3.63, 3.8) is 0 Å². The topological polar surface area (TPSA) is 63.6 Å². The molecule has 0 spiro atoms. The molecule has 1 heterocycles. The molecule has 0 aromatic carbocycles. The van der Waals surface area contributed by atoms with Gasteiger partial charge in [0.2, 0.25) is 0 Å². The zero-order chi connectivity index (χ0) is 21.1. The number of fused-ring (bicyclic) bond motifs is 1. The fourth-order valence-corrected chi connectivity index (χ4v) is 5.66. The summed E-state index contributed by atoms with van der Waals surface area (Å²) in [5.41, 5.74) is 1.40. The van der Waals surface area contributed by atoms with Gasteiger partial charge in [-0.05, 0) is 60.8 Å². The number of carbonyl (C=O) groups is 2. The summed E-state index contributed by atoms with van der Waals surface area (Å²) < 4.78 is 5.49. The lowest BCUT2D eigenvalue weighted by molar-refractivity contribution is -0.160. The van der Waals surface area contributed by atoms with E-state index in [2.05, 4.69) is 45.9 Å². The number of hydrogen-bond acceptors (Lipinski definition) is 4. The van der Waals surface area contributed by atoms with Crippen LogP contribution in [0.15, 0.2) is 23.8 Å². The first-order valence-corrected chi connectivity index (χ1v) is 11.6. The van der Waals surface area contributed by atoms with E-state index >= 15 is 0 Å². The lowest BCUT2D eigenvalue weighted by Crippen LogP contribution is -2.38. The van der Waals surface area contributed by atoms with Crippen LogP contribution in [0.25, 0.3) is 0 Å².